The molecule has 4 N–H and O–H groups in total. The minimum atomic E-state index is -0.185. The summed E-state index contributed by atoms with van der Waals surface area (Å²) in [5.74, 6) is 0. The molecule has 19 heavy (non-hydrogen) atoms. The van der Waals surface area contributed by atoms with Crippen molar-refractivity contribution >= 4 is 11.7 Å². The van der Waals surface area contributed by atoms with Crippen LogP contribution in [0.15, 0.2) is 24.3 Å². The van der Waals surface area contributed by atoms with Crippen molar-refractivity contribution in [1.82, 2.24) is 15.5 Å². The molecule has 0 bridgehead atoms. The van der Waals surface area contributed by atoms with Gasteiger partial charge in [0.2, 0.25) is 0 Å². The molecule has 2 amide bonds. The molecule has 0 saturated heterocycles. The maximum Gasteiger partial charge on any atom is 0.315 e. The highest BCUT2D eigenvalue weighted by molar-refractivity contribution is 5.75. The number of nitrogen functional groups attached to an aromatic ring is 1. The molecule has 2 rings (SSSR count). The van der Waals surface area contributed by atoms with Crippen molar-refractivity contribution in [2.45, 2.75) is 18.4 Å². The number of rotatable bonds is 5. The molecule has 1 aromatic carbocycles. The van der Waals surface area contributed by atoms with Gasteiger partial charge in [0.15, 0.2) is 0 Å². The van der Waals surface area contributed by atoms with Crippen LogP contribution in [0.2, 0.25) is 0 Å². The summed E-state index contributed by atoms with van der Waals surface area (Å²) >= 11 is 0. The van der Waals surface area contributed by atoms with E-state index >= 15 is 0 Å². The SMILES string of the molecule is CN(C)CCNC(=O)NC1(c2ccc(N)cc2)CC1. The Morgan fingerprint density at radius 2 is 1.95 bits per heavy atom. The third-order valence-corrected chi connectivity index (χ3v) is 3.41. The topological polar surface area (TPSA) is 70.4 Å². The first-order valence-corrected chi connectivity index (χ1v) is 6.59. The van der Waals surface area contributed by atoms with Crippen molar-refractivity contribution in [2.24, 2.45) is 0 Å². The van der Waals surface area contributed by atoms with Gasteiger partial charge in [-0.3, -0.25) is 0 Å². The summed E-state index contributed by atoms with van der Waals surface area (Å²) in [4.78, 5) is 13.9. The Bertz CT molecular complexity index is 437. The number of nitrogens with zero attached hydrogens (tertiary/aromatic N) is 1. The Morgan fingerprint density at radius 1 is 1.32 bits per heavy atom. The van der Waals surface area contributed by atoms with Gasteiger partial charge in [-0.2, -0.15) is 0 Å². The number of benzene rings is 1. The van der Waals surface area contributed by atoms with E-state index in [0.29, 0.717) is 6.54 Å². The molecule has 0 aliphatic heterocycles. The van der Waals surface area contributed by atoms with E-state index in [1.54, 1.807) is 0 Å². The Kier molecular flexibility index (Phi) is 3.95. The molecule has 1 saturated carbocycles. The Balaban J connectivity index is 1.87. The van der Waals surface area contributed by atoms with E-state index in [4.69, 9.17) is 5.73 Å². The monoisotopic (exact) mass is 262 g/mol. The van der Waals surface area contributed by atoms with Crippen LogP contribution in [0.25, 0.3) is 0 Å². The predicted molar refractivity (Wildman–Crippen MR) is 76.9 cm³/mol. The zero-order valence-electron chi connectivity index (χ0n) is 11.6. The maximum atomic E-state index is 11.9. The third kappa shape index (κ3) is 3.61. The standard InChI is InChI=1S/C14H22N4O/c1-18(2)10-9-16-13(19)17-14(7-8-14)11-3-5-12(15)6-4-11/h3-6H,7-10,15H2,1-2H3,(H2,16,17,19). The zero-order chi connectivity index (χ0) is 13.9. The van der Waals surface area contributed by atoms with Gasteiger partial charge in [0, 0.05) is 18.8 Å². The highest BCUT2D eigenvalue weighted by atomic mass is 16.2. The fraction of sp³-hybridized carbons (Fsp3) is 0.500. The second-order valence-electron chi connectivity index (χ2n) is 5.39. The molecular weight excluding hydrogens is 240 g/mol. The smallest absolute Gasteiger partial charge is 0.315 e. The number of carbonyl (C=O) groups is 1. The van der Waals surface area contributed by atoms with E-state index in [1.807, 2.05) is 43.3 Å². The lowest BCUT2D eigenvalue weighted by molar-refractivity contribution is 0.234. The van der Waals surface area contributed by atoms with Gasteiger partial charge in [-0.05, 0) is 44.6 Å². The Labute approximate surface area is 114 Å². The molecule has 0 radical (unpaired) electrons. The first kappa shape index (κ1) is 13.7. The number of amides is 2. The Hall–Kier alpha value is -1.75. The molecule has 5 heteroatoms. The summed E-state index contributed by atoms with van der Waals surface area (Å²) in [5.41, 5.74) is 7.37. The molecule has 0 heterocycles. The van der Waals surface area contributed by atoms with E-state index < -0.39 is 0 Å². The van der Waals surface area contributed by atoms with E-state index in [2.05, 4.69) is 10.6 Å². The van der Waals surface area contributed by atoms with Gasteiger partial charge in [0.1, 0.15) is 0 Å². The molecule has 0 atom stereocenters. The van der Waals surface area contributed by atoms with Gasteiger partial charge in [-0.15, -0.1) is 0 Å². The lowest BCUT2D eigenvalue weighted by Crippen LogP contribution is -2.44. The fourth-order valence-corrected chi connectivity index (χ4v) is 2.07. The highest BCUT2D eigenvalue weighted by Crippen LogP contribution is 2.45. The van der Waals surface area contributed by atoms with Crippen molar-refractivity contribution in [1.29, 1.82) is 0 Å². The number of hydrogen-bond donors (Lipinski definition) is 3. The van der Waals surface area contributed by atoms with Gasteiger partial charge >= 0.3 is 6.03 Å². The molecule has 1 aliphatic carbocycles. The van der Waals surface area contributed by atoms with Gasteiger partial charge in [0.05, 0.1) is 5.54 Å². The lowest BCUT2D eigenvalue weighted by Gasteiger charge is -2.19. The summed E-state index contributed by atoms with van der Waals surface area (Å²) in [7, 11) is 3.96. The van der Waals surface area contributed by atoms with Crippen LogP contribution in [0.5, 0.6) is 0 Å². The number of anilines is 1. The lowest BCUT2D eigenvalue weighted by atomic mass is 10.0. The normalized spacial score (nSPS) is 16.2. The van der Waals surface area contributed by atoms with Crippen LogP contribution in [-0.4, -0.2) is 38.1 Å². The average molecular weight is 262 g/mol. The van der Waals surface area contributed by atoms with Crippen LogP contribution in [0.1, 0.15) is 18.4 Å². The number of urea groups is 1. The molecule has 0 spiro atoms. The van der Waals surface area contributed by atoms with Crippen molar-refractivity contribution in [3.63, 3.8) is 0 Å². The van der Waals surface area contributed by atoms with E-state index in [0.717, 1.165) is 30.6 Å². The van der Waals surface area contributed by atoms with Crippen molar-refractivity contribution in [3.05, 3.63) is 29.8 Å². The number of carbonyl (C=O) groups excluding carboxylic acids is 1. The molecule has 1 aromatic rings. The maximum absolute atomic E-state index is 11.9. The van der Waals surface area contributed by atoms with Crippen LogP contribution < -0.4 is 16.4 Å². The van der Waals surface area contributed by atoms with E-state index in [1.165, 1.54) is 0 Å². The summed E-state index contributed by atoms with van der Waals surface area (Å²) in [6, 6.07) is 7.63. The molecule has 5 nitrogen and oxygen atoms in total. The minimum absolute atomic E-state index is 0.101. The quantitative estimate of drug-likeness (QED) is 0.696. The van der Waals surface area contributed by atoms with E-state index in [9.17, 15) is 4.79 Å². The van der Waals surface area contributed by atoms with Crippen LogP contribution in [0.3, 0.4) is 0 Å². The summed E-state index contributed by atoms with van der Waals surface area (Å²) in [5, 5.41) is 5.94. The largest absolute Gasteiger partial charge is 0.399 e. The zero-order valence-corrected chi connectivity index (χ0v) is 11.6. The van der Waals surface area contributed by atoms with Crippen LogP contribution in [0, 0.1) is 0 Å². The first-order chi connectivity index (χ1) is 9.02. The number of hydrogen-bond acceptors (Lipinski definition) is 3. The minimum Gasteiger partial charge on any atom is -0.399 e. The predicted octanol–water partition coefficient (Wildman–Crippen LogP) is 1.12. The van der Waals surface area contributed by atoms with Gasteiger partial charge in [-0.1, -0.05) is 12.1 Å². The van der Waals surface area contributed by atoms with Crippen molar-refractivity contribution in [3.8, 4) is 0 Å². The van der Waals surface area contributed by atoms with Crippen LogP contribution in [0.4, 0.5) is 10.5 Å². The number of likely N-dealkylation sites (N-methyl/N-ethyl adjacent to an activating group) is 1. The first-order valence-electron chi connectivity index (χ1n) is 6.59. The molecule has 0 unspecified atom stereocenters. The summed E-state index contributed by atoms with van der Waals surface area (Å²) in [6.45, 7) is 1.49. The third-order valence-electron chi connectivity index (χ3n) is 3.41. The van der Waals surface area contributed by atoms with Gasteiger partial charge in [-0.25, -0.2) is 4.79 Å². The number of nitrogens with one attached hydrogen (secondary N) is 2. The summed E-state index contributed by atoms with van der Waals surface area (Å²) < 4.78 is 0. The van der Waals surface area contributed by atoms with Crippen molar-refractivity contribution in [2.75, 3.05) is 32.9 Å². The highest BCUT2D eigenvalue weighted by Gasteiger charge is 2.45. The number of nitrogens with two attached hydrogens (primary N) is 1. The molecule has 1 aliphatic rings. The molecule has 0 aromatic heterocycles. The molecule has 1 fully saturated rings. The molecule has 104 valence electrons. The van der Waals surface area contributed by atoms with Gasteiger partial charge in [0.25, 0.3) is 0 Å². The molecular formula is C14H22N4O. The Morgan fingerprint density at radius 3 is 2.47 bits per heavy atom. The fourth-order valence-electron chi connectivity index (χ4n) is 2.07. The van der Waals surface area contributed by atoms with Crippen molar-refractivity contribution < 1.29 is 4.79 Å². The second kappa shape index (κ2) is 5.48. The average Bonchev–Trinajstić information content (AvgIpc) is 3.10. The van der Waals surface area contributed by atoms with Gasteiger partial charge < -0.3 is 21.3 Å². The van der Waals surface area contributed by atoms with E-state index in [-0.39, 0.29) is 11.6 Å². The second-order valence-corrected chi connectivity index (χ2v) is 5.39. The van der Waals surface area contributed by atoms with Crippen LogP contribution in [-0.2, 0) is 5.54 Å². The van der Waals surface area contributed by atoms with Crippen LogP contribution >= 0.6 is 0 Å². The summed E-state index contributed by atoms with van der Waals surface area (Å²) in [6.07, 6.45) is 1.97.